The Morgan fingerprint density at radius 3 is 2.00 bits per heavy atom. The predicted octanol–water partition coefficient (Wildman–Crippen LogP) is 1.66. The smallest absolute Gasteiger partial charge is 0.153 e. The molecule has 6 heteroatoms. The molecule has 1 fully saturated rings. The number of rotatable bonds is 0. The number of hydrogen-bond donors (Lipinski definition) is 0. The maximum Gasteiger partial charge on any atom is 0.153 e. The largest absolute Gasteiger partial charge is 0.229 e. The average Bonchev–Trinajstić information content (AvgIpc) is 1.73. The first-order valence-electron chi connectivity index (χ1n) is 2.56. The van der Waals surface area contributed by atoms with Crippen LogP contribution in [0.5, 0.6) is 0 Å². The lowest BCUT2D eigenvalue weighted by Gasteiger charge is -2.13. The van der Waals surface area contributed by atoms with E-state index in [4.69, 9.17) is 0 Å². The molecule has 10 heavy (non-hydrogen) atoms. The highest BCUT2D eigenvalue weighted by Crippen LogP contribution is 2.41. The third-order valence-corrected chi connectivity index (χ3v) is 8.18. The van der Waals surface area contributed by atoms with Crippen LogP contribution in [0, 0.1) is 0 Å². The van der Waals surface area contributed by atoms with Gasteiger partial charge in [-0.2, -0.15) is 0 Å². The molecule has 0 aromatic rings. The van der Waals surface area contributed by atoms with Crippen LogP contribution < -0.4 is 0 Å². The summed E-state index contributed by atoms with van der Waals surface area (Å²) in [4.78, 5) is -0.0370. The van der Waals surface area contributed by atoms with Gasteiger partial charge in [0.1, 0.15) is 3.23 Å². The fraction of sp³-hybridized carbons (Fsp3) is 1.00. The zero-order chi connectivity index (χ0) is 7.99. The van der Waals surface area contributed by atoms with E-state index in [1.54, 1.807) is 0 Å². The van der Waals surface area contributed by atoms with Gasteiger partial charge < -0.3 is 0 Å². The molecular formula is C4H5Br3O2S. The zero-order valence-corrected chi connectivity index (χ0v) is 10.4. The van der Waals surface area contributed by atoms with Gasteiger partial charge in [-0.3, -0.25) is 0 Å². The van der Waals surface area contributed by atoms with Crippen molar-refractivity contribution in [3.63, 3.8) is 0 Å². The van der Waals surface area contributed by atoms with Crippen molar-refractivity contribution in [3.05, 3.63) is 0 Å². The van der Waals surface area contributed by atoms with Crippen LogP contribution >= 0.6 is 47.8 Å². The molecule has 0 amide bonds. The van der Waals surface area contributed by atoms with E-state index in [1.807, 2.05) is 0 Å². The van der Waals surface area contributed by atoms with Crippen molar-refractivity contribution in [2.45, 2.75) is 8.06 Å². The highest BCUT2D eigenvalue weighted by atomic mass is 79.9. The molecule has 60 valence electrons. The first-order chi connectivity index (χ1) is 4.33. The van der Waals surface area contributed by atoms with Crippen LogP contribution in [0.2, 0.25) is 0 Å². The number of alkyl halides is 3. The van der Waals surface area contributed by atoms with Crippen molar-refractivity contribution >= 4 is 57.6 Å². The Kier molecular flexibility index (Phi) is 2.57. The number of halogens is 3. The molecule has 1 saturated heterocycles. The third-order valence-electron chi connectivity index (χ3n) is 1.27. The second-order valence-corrected chi connectivity index (χ2v) is 9.39. The molecule has 0 radical (unpaired) electrons. The summed E-state index contributed by atoms with van der Waals surface area (Å²) < 4.78 is 21.5. The van der Waals surface area contributed by atoms with Gasteiger partial charge in [-0.25, -0.2) is 8.42 Å². The molecule has 0 bridgehead atoms. The monoisotopic (exact) mass is 354 g/mol. The predicted molar refractivity (Wildman–Crippen MR) is 52.0 cm³/mol. The summed E-state index contributed by atoms with van der Waals surface area (Å²) in [5, 5.41) is 0. The van der Waals surface area contributed by atoms with Gasteiger partial charge in [-0.1, -0.05) is 47.8 Å². The zero-order valence-electron chi connectivity index (χ0n) is 4.85. The second kappa shape index (κ2) is 2.71. The van der Waals surface area contributed by atoms with Gasteiger partial charge in [-0.05, 0) is 0 Å². The summed E-state index contributed by atoms with van der Waals surface area (Å²) in [6, 6.07) is 0. The highest BCUT2D eigenvalue weighted by Gasteiger charge is 2.45. The summed E-state index contributed by atoms with van der Waals surface area (Å²) in [5.74, 6) is 0.347. The van der Waals surface area contributed by atoms with Crippen LogP contribution in [0.4, 0.5) is 0 Å². The lowest BCUT2D eigenvalue weighted by atomic mass is 10.4. The van der Waals surface area contributed by atoms with Crippen LogP contribution in [-0.2, 0) is 9.84 Å². The van der Waals surface area contributed by atoms with Gasteiger partial charge in [0.05, 0.1) is 16.3 Å². The molecule has 1 atom stereocenters. The third kappa shape index (κ3) is 1.95. The van der Waals surface area contributed by atoms with Crippen molar-refractivity contribution in [2.24, 2.45) is 0 Å². The molecule has 2 nitrogen and oxygen atoms in total. The first-order valence-corrected chi connectivity index (χ1v) is 6.88. The van der Waals surface area contributed by atoms with Crippen LogP contribution in [0.15, 0.2) is 0 Å². The number of sulfone groups is 1. The SMILES string of the molecule is O=S1(=O)CC(Br)C(Br)(Br)C1. The van der Waals surface area contributed by atoms with E-state index in [1.165, 1.54) is 0 Å². The molecule has 1 unspecified atom stereocenters. The minimum Gasteiger partial charge on any atom is -0.229 e. The molecule has 0 aromatic heterocycles. The van der Waals surface area contributed by atoms with Crippen LogP contribution in [0.1, 0.15) is 0 Å². The standard InChI is InChI=1S/C4H5Br3O2S/c5-3-1-10(8,9)2-4(3,6)7/h3H,1-2H2. The Hall–Kier alpha value is 1.39. The quantitative estimate of drug-likeness (QED) is 0.619. The van der Waals surface area contributed by atoms with Crippen molar-refractivity contribution in [2.75, 3.05) is 11.5 Å². The van der Waals surface area contributed by atoms with Gasteiger partial charge in [0.25, 0.3) is 0 Å². The van der Waals surface area contributed by atoms with E-state index in [-0.39, 0.29) is 16.3 Å². The van der Waals surface area contributed by atoms with Crippen LogP contribution in [-0.4, -0.2) is 28.0 Å². The molecule has 0 aromatic carbocycles. The summed E-state index contributed by atoms with van der Waals surface area (Å²) in [6.45, 7) is 0. The summed E-state index contributed by atoms with van der Waals surface area (Å²) in [5.41, 5.74) is 0. The first kappa shape index (κ1) is 9.48. The minimum absolute atomic E-state index is 0.0370. The topological polar surface area (TPSA) is 34.1 Å². The molecule has 0 spiro atoms. The average molecular weight is 357 g/mol. The second-order valence-electron chi connectivity index (χ2n) is 2.28. The van der Waals surface area contributed by atoms with Gasteiger partial charge >= 0.3 is 0 Å². The Morgan fingerprint density at radius 2 is 1.90 bits per heavy atom. The van der Waals surface area contributed by atoms with Gasteiger partial charge in [0, 0.05) is 0 Å². The molecule has 1 heterocycles. The van der Waals surface area contributed by atoms with Crippen molar-refractivity contribution in [1.29, 1.82) is 0 Å². The Morgan fingerprint density at radius 1 is 1.40 bits per heavy atom. The van der Waals surface area contributed by atoms with Gasteiger partial charge in [-0.15, -0.1) is 0 Å². The molecule has 1 aliphatic heterocycles. The van der Waals surface area contributed by atoms with E-state index < -0.39 is 13.1 Å². The Balaban J connectivity index is 2.92. The molecule has 0 N–H and O–H groups in total. The van der Waals surface area contributed by atoms with Crippen molar-refractivity contribution < 1.29 is 8.42 Å². The van der Waals surface area contributed by atoms with Gasteiger partial charge in [0.2, 0.25) is 0 Å². The fourth-order valence-corrected chi connectivity index (χ4v) is 6.85. The molecule has 1 aliphatic rings. The molecule has 0 saturated carbocycles. The van der Waals surface area contributed by atoms with E-state index >= 15 is 0 Å². The molecule has 1 rings (SSSR count). The highest BCUT2D eigenvalue weighted by molar-refractivity contribution is 9.26. The minimum atomic E-state index is -2.84. The lowest BCUT2D eigenvalue weighted by molar-refractivity contribution is 0.602. The maximum absolute atomic E-state index is 11.0. The summed E-state index contributed by atoms with van der Waals surface area (Å²) >= 11 is 9.81. The lowest BCUT2D eigenvalue weighted by Crippen LogP contribution is -2.21. The normalized spacial score (nSPS) is 36.1. The fourth-order valence-electron chi connectivity index (χ4n) is 0.787. The van der Waals surface area contributed by atoms with Gasteiger partial charge in [0.15, 0.2) is 9.84 Å². The molecular weight excluding hydrogens is 352 g/mol. The maximum atomic E-state index is 11.0. The number of hydrogen-bond acceptors (Lipinski definition) is 2. The Labute approximate surface area is 85.1 Å². The van der Waals surface area contributed by atoms with E-state index in [0.29, 0.717) is 0 Å². The van der Waals surface area contributed by atoms with E-state index in [2.05, 4.69) is 47.8 Å². The van der Waals surface area contributed by atoms with Crippen LogP contribution in [0.3, 0.4) is 0 Å². The van der Waals surface area contributed by atoms with Crippen LogP contribution in [0.25, 0.3) is 0 Å². The van der Waals surface area contributed by atoms with E-state index in [0.717, 1.165) is 0 Å². The summed E-state index contributed by atoms with van der Waals surface area (Å²) in [7, 11) is -2.84. The van der Waals surface area contributed by atoms with E-state index in [9.17, 15) is 8.42 Å². The summed E-state index contributed by atoms with van der Waals surface area (Å²) in [6.07, 6.45) is 0. The van der Waals surface area contributed by atoms with Crippen molar-refractivity contribution in [1.82, 2.24) is 0 Å². The Bertz CT molecular complexity index is 233. The molecule has 0 aliphatic carbocycles. The van der Waals surface area contributed by atoms with Crippen molar-refractivity contribution in [3.8, 4) is 0 Å².